The molecule has 2 N–H and O–H groups in total. The number of ether oxygens (including phenoxy) is 2. The quantitative estimate of drug-likeness (QED) is 0.203. The predicted octanol–water partition coefficient (Wildman–Crippen LogP) is 6.84. The van der Waals surface area contributed by atoms with Crippen molar-refractivity contribution >= 4 is 20.7 Å². The summed E-state index contributed by atoms with van der Waals surface area (Å²) in [5.74, 6) is -0.283. The van der Waals surface area contributed by atoms with Crippen molar-refractivity contribution in [2.75, 3.05) is 18.3 Å². The molecule has 4 bridgehead atoms. The van der Waals surface area contributed by atoms with Gasteiger partial charge in [0.1, 0.15) is 17.3 Å². The van der Waals surface area contributed by atoms with Gasteiger partial charge in [0.2, 0.25) is 0 Å². The molecule has 0 fully saturated rings. The Hall–Kier alpha value is -4.29. The van der Waals surface area contributed by atoms with Gasteiger partial charge < -0.3 is 19.6 Å². The van der Waals surface area contributed by atoms with Crippen LogP contribution in [0.5, 0.6) is 17.2 Å². The van der Waals surface area contributed by atoms with E-state index in [4.69, 9.17) is 19.6 Å². The zero-order valence-corrected chi connectivity index (χ0v) is 27.6. The smallest absolute Gasteiger partial charge is 0.186 e. The number of rotatable bonds is 3. The van der Waals surface area contributed by atoms with Crippen LogP contribution in [0.4, 0.5) is 8.78 Å². The number of aromatic amines is 1. The minimum atomic E-state index is -3.57. The van der Waals surface area contributed by atoms with Crippen molar-refractivity contribution in [3.63, 3.8) is 0 Å². The van der Waals surface area contributed by atoms with Crippen LogP contribution in [0.25, 0.3) is 22.3 Å². The van der Waals surface area contributed by atoms with Gasteiger partial charge in [0, 0.05) is 35.8 Å². The Morgan fingerprint density at radius 2 is 1.87 bits per heavy atom. The number of aryl methyl sites for hydroxylation is 2. The number of aliphatic hydroxyl groups is 1. The topological polar surface area (TPSA) is 119 Å². The van der Waals surface area contributed by atoms with Gasteiger partial charge in [-0.05, 0) is 73.6 Å². The third kappa shape index (κ3) is 6.62. The van der Waals surface area contributed by atoms with Gasteiger partial charge in [-0.15, -0.1) is 0 Å². The Labute approximate surface area is 272 Å². The highest BCUT2D eigenvalue weighted by atomic mass is 32.2. The SMILES string of the molecule is Cn1nc2nc1-c1cc(ccc1F)Oc1c(F)cc3[nH]ccc3c1CCS(=O)(=O)CC(C)(C)CCCC2(C)c1cccc(OCO)c1. The van der Waals surface area contributed by atoms with Crippen molar-refractivity contribution in [1.82, 2.24) is 19.7 Å². The molecule has 0 radical (unpaired) electrons. The summed E-state index contributed by atoms with van der Waals surface area (Å²) in [6, 6.07) is 14.4. The Morgan fingerprint density at radius 3 is 2.66 bits per heavy atom. The fourth-order valence-electron chi connectivity index (χ4n) is 6.60. The Morgan fingerprint density at radius 1 is 1.06 bits per heavy atom. The highest BCUT2D eigenvalue weighted by Crippen LogP contribution is 2.41. The zero-order valence-electron chi connectivity index (χ0n) is 26.8. The molecule has 12 heteroatoms. The highest BCUT2D eigenvalue weighted by molar-refractivity contribution is 7.91. The maximum atomic E-state index is 15.6. The summed E-state index contributed by atoms with van der Waals surface area (Å²) in [7, 11) is -1.90. The van der Waals surface area contributed by atoms with Gasteiger partial charge in [-0.3, -0.25) is 0 Å². The van der Waals surface area contributed by atoms with Gasteiger partial charge in [0.15, 0.2) is 39.8 Å². The minimum absolute atomic E-state index is 0.0326. The molecular weight excluding hydrogens is 626 g/mol. The number of sulfone groups is 1. The summed E-state index contributed by atoms with van der Waals surface area (Å²) in [6.07, 6.45) is 3.46. The molecule has 1 atom stereocenters. The first-order valence-corrected chi connectivity index (χ1v) is 17.3. The molecule has 1 unspecified atom stereocenters. The number of fused-ring (bicyclic) bond motifs is 8. The Kier molecular flexibility index (Phi) is 8.60. The van der Waals surface area contributed by atoms with Crippen molar-refractivity contribution in [3.8, 4) is 28.6 Å². The lowest BCUT2D eigenvalue weighted by Gasteiger charge is -2.30. The maximum Gasteiger partial charge on any atom is 0.186 e. The van der Waals surface area contributed by atoms with Crippen LogP contribution < -0.4 is 9.47 Å². The van der Waals surface area contributed by atoms with Crippen LogP contribution in [0, 0.1) is 17.0 Å². The maximum absolute atomic E-state index is 15.6. The second-order valence-corrected chi connectivity index (χ2v) is 15.4. The molecule has 0 amide bonds. The molecular formula is C35H38F2N4O5S. The molecule has 2 aromatic heterocycles. The number of hydrogen-bond donors (Lipinski definition) is 2. The number of H-pyrrole nitrogens is 1. The van der Waals surface area contributed by atoms with E-state index in [-0.39, 0.29) is 40.8 Å². The largest absolute Gasteiger partial charge is 0.468 e. The number of nitrogens with one attached hydrogen (secondary N) is 1. The monoisotopic (exact) mass is 664 g/mol. The first-order chi connectivity index (χ1) is 22.3. The molecule has 3 aromatic carbocycles. The fourth-order valence-corrected chi connectivity index (χ4v) is 8.59. The van der Waals surface area contributed by atoms with E-state index >= 15 is 8.78 Å². The summed E-state index contributed by atoms with van der Waals surface area (Å²) >= 11 is 0. The van der Waals surface area contributed by atoms with E-state index in [1.54, 1.807) is 25.4 Å². The van der Waals surface area contributed by atoms with Crippen LogP contribution in [0.2, 0.25) is 0 Å². The summed E-state index contributed by atoms with van der Waals surface area (Å²) in [6.45, 7) is 5.37. The molecule has 248 valence electrons. The van der Waals surface area contributed by atoms with E-state index < -0.39 is 39.1 Å². The average Bonchev–Trinajstić information content (AvgIpc) is 3.63. The van der Waals surface area contributed by atoms with E-state index in [0.717, 1.165) is 5.56 Å². The lowest BCUT2D eigenvalue weighted by molar-refractivity contribution is 0.0983. The zero-order chi connectivity index (χ0) is 33.6. The van der Waals surface area contributed by atoms with E-state index in [1.165, 1.54) is 28.9 Å². The molecule has 47 heavy (non-hydrogen) atoms. The van der Waals surface area contributed by atoms with Gasteiger partial charge in [0.25, 0.3) is 0 Å². The standard InChI is InChI=1S/C35H38F2N4O5S/c1-34(2)13-6-14-35(3,22-7-5-8-23(17-22)45-21-42)33-39-32(41(4)40-33)27-18-24(9-10-28(27)36)46-31-26(12-16-47(43,44)20-34)25-11-15-38-30(25)19-29(31)37/h5,7-11,15,17-19,38,42H,6,12-14,16,20-21H2,1-4H3. The molecule has 3 heterocycles. The van der Waals surface area contributed by atoms with Gasteiger partial charge in [-0.25, -0.2) is 26.9 Å². The molecule has 9 nitrogen and oxygen atoms in total. The average molecular weight is 665 g/mol. The third-order valence-corrected chi connectivity index (χ3v) is 11.1. The van der Waals surface area contributed by atoms with Gasteiger partial charge in [-0.1, -0.05) is 32.4 Å². The lowest BCUT2D eigenvalue weighted by atomic mass is 9.75. The number of nitrogens with zero attached hydrogens (tertiary/aromatic N) is 3. The van der Waals surface area contributed by atoms with Crippen molar-refractivity contribution in [2.24, 2.45) is 12.5 Å². The first-order valence-electron chi connectivity index (χ1n) is 15.5. The van der Waals surface area contributed by atoms with Crippen LogP contribution in [0.15, 0.2) is 60.8 Å². The minimum Gasteiger partial charge on any atom is -0.468 e. The normalized spacial score (nSPS) is 19.7. The van der Waals surface area contributed by atoms with Crippen molar-refractivity contribution in [1.29, 1.82) is 0 Å². The lowest BCUT2D eigenvalue weighted by Crippen LogP contribution is -2.29. The van der Waals surface area contributed by atoms with Gasteiger partial charge in [0.05, 0.1) is 22.5 Å². The number of hydrogen-bond acceptors (Lipinski definition) is 7. The van der Waals surface area contributed by atoms with E-state index in [2.05, 4.69) is 4.98 Å². The van der Waals surface area contributed by atoms with Crippen LogP contribution in [0.1, 0.15) is 57.0 Å². The molecule has 1 aliphatic rings. The molecule has 0 aliphatic carbocycles. The molecule has 5 aromatic rings. The second kappa shape index (κ2) is 12.4. The predicted molar refractivity (Wildman–Crippen MR) is 175 cm³/mol. The fraction of sp³-hybridized carbons (Fsp3) is 0.371. The summed E-state index contributed by atoms with van der Waals surface area (Å²) in [5, 5.41) is 14.8. The van der Waals surface area contributed by atoms with Crippen molar-refractivity contribution < 1.29 is 31.8 Å². The molecule has 6 rings (SSSR count). The summed E-state index contributed by atoms with van der Waals surface area (Å²) < 4.78 is 71.2. The first kappa shape index (κ1) is 32.6. The molecule has 0 saturated carbocycles. The van der Waals surface area contributed by atoms with Crippen molar-refractivity contribution in [2.45, 2.75) is 51.9 Å². The Bertz CT molecular complexity index is 2060. The molecule has 1 aliphatic heterocycles. The number of halogens is 2. The summed E-state index contributed by atoms with van der Waals surface area (Å²) in [5.41, 5.74) is 0.506. The summed E-state index contributed by atoms with van der Waals surface area (Å²) in [4.78, 5) is 7.85. The van der Waals surface area contributed by atoms with E-state index in [0.29, 0.717) is 47.3 Å². The number of aromatic nitrogens is 4. The van der Waals surface area contributed by atoms with Crippen LogP contribution in [-0.4, -0.2) is 51.6 Å². The van der Waals surface area contributed by atoms with Crippen LogP contribution in [-0.2, 0) is 28.7 Å². The van der Waals surface area contributed by atoms with E-state index in [1.807, 2.05) is 39.0 Å². The van der Waals surface area contributed by atoms with Crippen LogP contribution in [0.3, 0.4) is 0 Å². The Balaban J connectivity index is 1.52. The number of benzene rings is 3. The second-order valence-electron chi connectivity index (χ2n) is 13.2. The number of aliphatic hydroxyl groups excluding tert-OH is 1. The van der Waals surface area contributed by atoms with Gasteiger partial charge in [-0.2, -0.15) is 5.10 Å². The van der Waals surface area contributed by atoms with Crippen molar-refractivity contribution in [3.05, 3.63) is 89.4 Å². The van der Waals surface area contributed by atoms with Crippen LogP contribution >= 0.6 is 0 Å². The third-order valence-electron chi connectivity index (χ3n) is 9.03. The van der Waals surface area contributed by atoms with E-state index in [9.17, 15) is 13.5 Å². The molecule has 0 saturated heterocycles. The van der Waals surface area contributed by atoms with Gasteiger partial charge >= 0.3 is 0 Å². The highest BCUT2D eigenvalue weighted by Gasteiger charge is 2.36. The molecule has 0 spiro atoms.